The number of pyridine rings is 2. The van der Waals surface area contributed by atoms with Crippen molar-refractivity contribution in [1.29, 1.82) is 0 Å². The molecule has 2 aliphatic rings. The van der Waals surface area contributed by atoms with Gasteiger partial charge in [0.2, 0.25) is 11.8 Å². The van der Waals surface area contributed by atoms with E-state index in [-0.39, 0.29) is 12.5 Å². The van der Waals surface area contributed by atoms with Crippen LogP contribution in [-0.2, 0) is 39.9 Å². The minimum atomic E-state index is -4.57. The third-order valence-corrected chi connectivity index (χ3v) is 9.50. The molecule has 4 aromatic rings. The first-order chi connectivity index (χ1) is 24.7. The molecule has 2 aromatic heterocycles. The van der Waals surface area contributed by atoms with Crippen molar-refractivity contribution >= 4 is 23.7 Å². The number of hydrogen-bond acceptors (Lipinski definition) is 6. The van der Waals surface area contributed by atoms with Gasteiger partial charge in [0.15, 0.2) is 0 Å². The minimum Gasteiger partial charge on any atom is -0.378 e. The van der Waals surface area contributed by atoms with E-state index < -0.39 is 23.8 Å². The quantitative estimate of drug-likeness (QED) is 0.167. The largest absolute Gasteiger partial charge is 0.433 e. The van der Waals surface area contributed by atoms with Crippen LogP contribution in [0.4, 0.5) is 19.0 Å². The zero-order chi connectivity index (χ0) is 35.6. The maximum Gasteiger partial charge on any atom is 0.433 e. The van der Waals surface area contributed by atoms with Gasteiger partial charge in [-0.3, -0.25) is 14.6 Å². The lowest BCUT2D eigenvalue weighted by molar-refractivity contribution is -0.145. The van der Waals surface area contributed by atoms with Crippen molar-refractivity contribution in [3.8, 4) is 0 Å². The summed E-state index contributed by atoms with van der Waals surface area (Å²) >= 11 is 0. The zero-order valence-corrected chi connectivity index (χ0v) is 28.4. The van der Waals surface area contributed by atoms with Gasteiger partial charge in [0.25, 0.3) is 0 Å². The molecule has 2 fully saturated rings. The molecule has 4 heterocycles. The monoisotopic (exact) mass is 697 g/mol. The van der Waals surface area contributed by atoms with Crippen molar-refractivity contribution in [1.82, 2.24) is 19.8 Å². The van der Waals surface area contributed by atoms with Crippen LogP contribution in [-0.4, -0.2) is 77.0 Å². The summed E-state index contributed by atoms with van der Waals surface area (Å²) in [5.74, 6) is 0.691. The summed E-state index contributed by atoms with van der Waals surface area (Å²) in [6.45, 7) is 4.00. The number of amides is 2. The highest BCUT2D eigenvalue weighted by atomic mass is 19.4. The SMILES string of the molecule is O=C(C(Cc1ccccc1)N(Cc1ccc(N2CCOCC2)nc1)C(=O)C=Cc1ccc(C(F)(F)F)nc1)N1CCC(Cc2ccccc2)CC1. The molecule has 0 saturated carbocycles. The number of morpholine rings is 1. The van der Waals surface area contributed by atoms with Gasteiger partial charge in [0.1, 0.15) is 17.6 Å². The Bertz CT molecular complexity index is 1740. The number of carbonyl (C=O) groups excluding carboxylic acids is 2. The van der Waals surface area contributed by atoms with Crippen molar-refractivity contribution in [2.75, 3.05) is 44.3 Å². The second-order valence-corrected chi connectivity index (χ2v) is 13.1. The molecule has 0 N–H and O–H groups in total. The van der Waals surface area contributed by atoms with Crippen LogP contribution in [0.5, 0.6) is 0 Å². The summed E-state index contributed by atoms with van der Waals surface area (Å²) in [7, 11) is 0. The normalized spacial score (nSPS) is 16.3. The maximum absolute atomic E-state index is 14.5. The van der Waals surface area contributed by atoms with E-state index in [1.54, 1.807) is 11.1 Å². The number of piperidine rings is 1. The standard InChI is InChI=1S/C40H42F3N5O3/c41-40(42,43)36-14-11-33(27-44-36)13-16-38(49)48(29-34-12-15-37(45-28-34)46-21-23-51-24-22-46)35(26-31-9-5-2-6-10-31)39(50)47-19-17-32(18-20-47)25-30-7-3-1-4-8-30/h1-16,27-28,32,35H,17-26,29H2. The van der Waals surface area contributed by atoms with Crippen LogP contribution in [0, 0.1) is 5.92 Å². The molecule has 0 bridgehead atoms. The average molecular weight is 698 g/mol. The molecular formula is C40H42F3N5O3. The molecule has 266 valence electrons. The minimum absolute atomic E-state index is 0.110. The Hall–Kier alpha value is -5.03. The van der Waals surface area contributed by atoms with E-state index >= 15 is 0 Å². The van der Waals surface area contributed by atoms with Gasteiger partial charge in [-0.15, -0.1) is 0 Å². The molecule has 8 nitrogen and oxygen atoms in total. The van der Waals surface area contributed by atoms with Crippen molar-refractivity contribution < 1.29 is 27.5 Å². The Morgan fingerprint density at radius 1 is 0.824 bits per heavy atom. The molecule has 51 heavy (non-hydrogen) atoms. The van der Waals surface area contributed by atoms with E-state index in [4.69, 9.17) is 4.74 Å². The second-order valence-electron chi connectivity index (χ2n) is 13.1. The van der Waals surface area contributed by atoms with E-state index in [1.165, 1.54) is 23.8 Å². The Balaban J connectivity index is 1.26. The smallest absolute Gasteiger partial charge is 0.378 e. The molecule has 2 saturated heterocycles. The van der Waals surface area contributed by atoms with E-state index in [1.807, 2.05) is 65.6 Å². The van der Waals surface area contributed by atoms with Crippen molar-refractivity contribution in [2.45, 2.75) is 44.4 Å². The highest BCUT2D eigenvalue weighted by Gasteiger charge is 2.35. The topological polar surface area (TPSA) is 78.9 Å². The van der Waals surface area contributed by atoms with Crippen LogP contribution in [0.2, 0.25) is 0 Å². The van der Waals surface area contributed by atoms with Gasteiger partial charge < -0.3 is 19.4 Å². The first-order valence-corrected chi connectivity index (χ1v) is 17.4. The first kappa shape index (κ1) is 35.8. The first-order valence-electron chi connectivity index (χ1n) is 17.4. The number of likely N-dealkylation sites (tertiary alicyclic amines) is 1. The predicted molar refractivity (Wildman–Crippen MR) is 189 cm³/mol. The number of halogens is 3. The maximum atomic E-state index is 14.5. The van der Waals surface area contributed by atoms with Crippen molar-refractivity contribution in [2.24, 2.45) is 5.92 Å². The predicted octanol–water partition coefficient (Wildman–Crippen LogP) is 6.47. The Kier molecular flexibility index (Phi) is 11.8. The van der Waals surface area contributed by atoms with Crippen LogP contribution < -0.4 is 4.90 Å². The number of aromatic nitrogens is 2. The van der Waals surface area contributed by atoms with Crippen LogP contribution >= 0.6 is 0 Å². The van der Waals surface area contributed by atoms with Gasteiger partial charge in [0.05, 0.1) is 13.2 Å². The van der Waals surface area contributed by atoms with Crippen molar-refractivity contribution in [3.05, 3.63) is 131 Å². The average Bonchev–Trinajstić information content (AvgIpc) is 3.16. The van der Waals surface area contributed by atoms with Crippen LogP contribution in [0.25, 0.3) is 6.08 Å². The lowest BCUT2D eigenvalue weighted by Gasteiger charge is -2.38. The number of hydrogen-bond donors (Lipinski definition) is 0. The molecule has 0 aliphatic carbocycles. The summed E-state index contributed by atoms with van der Waals surface area (Å²) in [6, 6.07) is 25.1. The van der Waals surface area contributed by atoms with E-state index in [9.17, 15) is 22.8 Å². The highest BCUT2D eigenvalue weighted by molar-refractivity contribution is 5.95. The van der Waals surface area contributed by atoms with Gasteiger partial charge in [-0.05, 0) is 65.6 Å². The fraction of sp³-hybridized carbons (Fsp3) is 0.350. The molecule has 2 aromatic carbocycles. The number of ether oxygens (including phenoxy) is 1. The number of rotatable bonds is 11. The van der Waals surface area contributed by atoms with Gasteiger partial charge in [-0.1, -0.05) is 72.8 Å². The molecule has 1 unspecified atom stereocenters. The van der Waals surface area contributed by atoms with Crippen molar-refractivity contribution in [3.63, 3.8) is 0 Å². The third-order valence-electron chi connectivity index (χ3n) is 9.50. The molecule has 1 atom stereocenters. The van der Waals surface area contributed by atoms with Gasteiger partial charge in [0, 0.05) is 57.6 Å². The number of alkyl halides is 3. The number of anilines is 1. The zero-order valence-electron chi connectivity index (χ0n) is 28.4. The summed E-state index contributed by atoms with van der Waals surface area (Å²) in [5, 5.41) is 0. The summed E-state index contributed by atoms with van der Waals surface area (Å²) < 4.78 is 44.8. The lowest BCUT2D eigenvalue weighted by atomic mass is 9.89. The van der Waals surface area contributed by atoms with E-state index in [0.717, 1.165) is 61.6 Å². The Morgan fingerprint density at radius 3 is 2.12 bits per heavy atom. The molecular weight excluding hydrogens is 655 g/mol. The Labute approximate surface area is 296 Å². The highest BCUT2D eigenvalue weighted by Crippen LogP contribution is 2.28. The Morgan fingerprint density at radius 2 is 1.51 bits per heavy atom. The molecule has 2 amide bonds. The fourth-order valence-electron chi connectivity index (χ4n) is 6.65. The molecule has 11 heteroatoms. The summed E-state index contributed by atoms with van der Waals surface area (Å²) in [5.41, 5.74) is 2.26. The number of benzene rings is 2. The fourth-order valence-corrected chi connectivity index (χ4v) is 6.65. The molecule has 2 aliphatic heterocycles. The molecule has 6 rings (SSSR count). The van der Waals surface area contributed by atoms with Crippen LogP contribution in [0.15, 0.2) is 103 Å². The number of nitrogens with zero attached hydrogens (tertiary/aromatic N) is 5. The van der Waals surface area contributed by atoms with Gasteiger partial charge >= 0.3 is 6.18 Å². The van der Waals surface area contributed by atoms with E-state index in [0.29, 0.717) is 44.2 Å². The van der Waals surface area contributed by atoms with Crippen LogP contribution in [0.3, 0.4) is 0 Å². The second kappa shape index (κ2) is 16.8. The van der Waals surface area contributed by atoms with Gasteiger partial charge in [-0.25, -0.2) is 4.98 Å². The summed E-state index contributed by atoms with van der Waals surface area (Å²) in [4.78, 5) is 42.5. The van der Waals surface area contributed by atoms with E-state index in [2.05, 4.69) is 27.0 Å². The molecule has 0 radical (unpaired) electrons. The van der Waals surface area contributed by atoms with Crippen LogP contribution in [0.1, 0.15) is 40.8 Å². The number of carbonyl (C=O) groups is 2. The van der Waals surface area contributed by atoms with Gasteiger partial charge in [-0.2, -0.15) is 13.2 Å². The lowest BCUT2D eigenvalue weighted by Crippen LogP contribution is -2.53. The third kappa shape index (κ3) is 9.82. The summed E-state index contributed by atoms with van der Waals surface area (Å²) in [6.07, 6.45) is 3.95. The molecule has 0 spiro atoms.